The maximum Gasteiger partial charge on any atom is 0.407 e. The molecule has 1 atom stereocenters. The summed E-state index contributed by atoms with van der Waals surface area (Å²) < 4.78 is 4.97. The molecule has 0 rings (SSSR count). The van der Waals surface area contributed by atoms with E-state index in [0.29, 0.717) is 6.61 Å². The average Bonchev–Trinajstić information content (AvgIpc) is 2.13. The predicted molar refractivity (Wildman–Crippen MR) is 68.3 cm³/mol. The largest absolute Gasteiger partial charge is 0.450 e. The minimum absolute atomic E-state index is 0.00367. The van der Waals surface area contributed by atoms with E-state index in [-0.39, 0.29) is 23.4 Å². The fourth-order valence-electron chi connectivity index (χ4n) is 1.22. The van der Waals surface area contributed by atoms with Gasteiger partial charge in [0, 0.05) is 6.42 Å². The highest BCUT2D eigenvalue weighted by Crippen LogP contribution is 2.17. The van der Waals surface area contributed by atoms with Crippen molar-refractivity contribution >= 4 is 17.7 Å². The number of ketones is 2. The number of amides is 1. The molecule has 1 unspecified atom stereocenters. The SMILES string of the molecule is CC(=O)CC(NC(=O)OCCC(C)(C)C)C(C)=O. The molecule has 1 amide bonds. The van der Waals surface area contributed by atoms with Crippen LogP contribution in [0.2, 0.25) is 0 Å². The van der Waals surface area contributed by atoms with Gasteiger partial charge in [0.1, 0.15) is 5.78 Å². The van der Waals surface area contributed by atoms with Gasteiger partial charge in [-0.15, -0.1) is 0 Å². The zero-order valence-corrected chi connectivity index (χ0v) is 11.8. The van der Waals surface area contributed by atoms with E-state index in [1.807, 2.05) is 20.8 Å². The fraction of sp³-hybridized carbons (Fsp3) is 0.769. The Morgan fingerprint density at radius 3 is 2.11 bits per heavy atom. The average molecular weight is 257 g/mol. The van der Waals surface area contributed by atoms with Crippen LogP contribution in [0.1, 0.15) is 47.5 Å². The van der Waals surface area contributed by atoms with Crippen molar-refractivity contribution in [1.82, 2.24) is 5.32 Å². The van der Waals surface area contributed by atoms with Crippen molar-refractivity contribution in [3.63, 3.8) is 0 Å². The highest BCUT2D eigenvalue weighted by molar-refractivity contribution is 5.90. The maximum absolute atomic E-state index is 11.4. The van der Waals surface area contributed by atoms with Crippen LogP contribution in [0.4, 0.5) is 4.79 Å². The quantitative estimate of drug-likeness (QED) is 0.790. The third kappa shape index (κ3) is 8.73. The molecule has 5 nitrogen and oxygen atoms in total. The number of rotatable bonds is 6. The van der Waals surface area contributed by atoms with E-state index in [1.165, 1.54) is 13.8 Å². The van der Waals surface area contributed by atoms with E-state index in [0.717, 1.165) is 6.42 Å². The highest BCUT2D eigenvalue weighted by atomic mass is 16.5. The molecule has 0 aromatic heterocycles. The molecule has 18 heavy (non-hydrogen) atoms. The molecule has 0 saturated heterocycles. The summed E-state index contributed by atoms with van der Waals surface area (Å²) in [6.45, 7) is 9.14. The molecule has 0 heterocycles. The molecule has 5 heteroatoms. The zero-order valence-electron chi connectivity index (χ0n) is 11.8. The van der Waals surface area contributed by atoms with Gasteiger partial charge in [-0.05, 0) is 25.7 Å². The van der Waals surface area contributed by atoms with Gasteiger partial charge in [-0.3, -0.25) is 9.59 Å². The molecule has 0 bridgehead atoms. The van der Waals surface area contributed by atoms with E-state index >= 15 is 0 Å². The molecule has 0 saturated carbocycles. The van der Waals surface area contributed by atoms with Gasteiger partial charge in [0.2, 0.25) is 0 Å². The molecular formula is C13H23NO4. The molecule has 104 valence electrons. The van der Waals surface area contributed by atoms with Crippen LogP contribution in [0.15, 0.2) is 0 Å². The monoisotopic (exact) mass is 257 g/mol. The third-order valence-corrected chi connectivity index (χ3v) is 2.36. The van der Waals surface area contributed by atoms with Crippen LogP contribution >= 0.6 is 0 Å². The Morgan fingerprint density at radius 1 is 1.17 bits per heavy atom. The Morgan fingerprint density at radius 2 is 1.72 bits per heavy atom. The van der Waals surface area contributed by atoms with E-state index < -0.39 is 12.1 Å². The van der Waals surface area contributed by atoms with Crippen molar-refractivity contribution < 1.29 is 19.1 Å². The number of nitrogens with one attached hydrogen (secondary N) is 1. The van der Waals surface area contributed by atoms with E-state index in [4.69, 9.17) is 4.74 Å². The number of carbonyl (C=O) groups excluding carboxylic acids is 3. The van der Waals surface area contributed by atoms with Crippen LogP contribution in [0, 0.1) is 5.41 Å². The Labute approximate surface area is 108 Å². The number of hydrogen-bond acceptors (Lipinski definition) is 4. The van der Waals surface area contributed by atoms with Crippen molar-refractivity contribution in [1.29, 1.82) is 0 Å². The summed E-state index contributed by atoms with van der Waals surface area (Å²) in [5.41, 5.74) is 0.0830. The lowest BCUT2D eigenvalue weighted by Crippen LogP contribution is -2.41. The van der Waals surface area contributed by atoms with Crippen LogP contribution in [0.25, 0.3) is 0 Å². The van der Waals surface area contributed by atoms with Crippen molar-refractivity contribution in [2.75, 3.05) is 6.61 Å². The number of hydrogen-bond donors (Lipinski definition) is 1. The van der Waals surface area contributed by atoms with Gasteiger partial charge in [0.15, 0.2) is 5.78 Å². The Hall–Kier alpha value is -1.39. The second-order valence-electron chi connectivity index (χ2n) is 5.66. The third-order valence-electron chi connectivity index (χ3n) is 2.36. The second-order valence-corrected chi connectivity index (χ2v) is 5.66. The lowest BCUT2D eigenvalue weighted by molar-refractivity contribution is -0.123. The first kappa shape index (κ1) is 16.6. The van der Waals surface area contributed by atoms with Crippen molar-refractivity contribution in [2.45, 2.75) is 53.5 Å². The topological polar surface area (TPSA) is 72.5 Å². The fourth-order valence-corrected chi connectivity index (χ4v) is 1.22. The number of carbonyl (C=O) groups is 3. The van der Waals surface area contributed by atoms with Gasteiger partial charge in [-0.2, -0.15) is 0 Å². The lowest BCUT2D eigenvalue weighted by atomic mass is 9.93. The number of ether oxygens (including phenoxy) is 1. The normalized spacial score (nSPS) is 12.7. The first-order chi connectivity index (χ1) is 8.11. The first-order valence-corrected chi connectivity index (χ1v) is 6.05. The summed E-state index contributed by atoms with van der Waals surface area (Å²) in [5.74, 6) is -0.400. The van der Waals surface area contributed by atoms with Crippen molar-refractivity contribution in [3.05, 3.63) is 0 Å². The molecule has 0 aliphatic carbocycles. The standard InChI is InChI=1S/C13H23NO4/c1-9(15)8-11(10(2)16)14-12(17)18-7-6-13(3,4)5/h11H,6-8H2,1-5H3,(H,14,17). The molecule has 0 fully saturated rings. The van der Waals surface area contributed by atoms with Crippen LogP contribution < -0.4 is 5.32 Å². The summed E-state index contributed by atoms with van der Waals surface area (Å²) in [7, 11) is 0. The Balaban J connectivity index is 4.11. The highest BCUT2D eigenvalue weighted by Gasteiger charge is 2.20. The van der Waals surface area contributed by atoms with Crippen molar-refractivity contribution in [2.24, 2.45) is 5.41 Å². The summed E-state index contributed by atoms with van der Waals surface area (Å²) in [4.78, 5) is 33.6. The zero-order chi connectivity index (χ0) is 14.3. The minimum Gasteiger partial charge on any atom is -0.450 e. The number of alkyl carbamates (subject to hydrolysis) is 1. The van der Waals surface area contributed by atoms with Gasteiger partial charge in [0.25, 0.3) is 0 Å². The molecule has 0 aromatic carbocycles. The van der Waals surface area contributed by atoms with Crippen molar-refractivity contribution in [3.8, 4) is 0 Å². The molecule has 0 radical (unpaired) electrons. The van der Waals surface area contributed by atoms with Gasteiger partial charge in [0.05, 0.1) is 12.6 Å². The summed E-state index contributed by atoms with van der Waals surface area (Å²) in [6.07, 6.45) is 0.0855. The van der Waals surface area contributed by atoms with Crippen LogP contribution in [-0.4, -0.2) is 30.3 Å². The number of Topliss-reactive ketones (excluding diaryl/α,β-unsaturated/α-hetero) is 2. The van der Waals surface area contributed by atoms with E-state index in [2.05, 4.69) is 5.32 Å². The molecular weight excluding hydrogens is 234 g/mol. The van der Waals surface area contributed by atoms with Gasteiger partial charge in [-0.1, -0.05) is 20.8 Å². The Bertz CT molecular complexity index is 317. The molecule has 0 aliphatic heterocycles. The summed E-state index contributed by atoms with van der Waals surface area (Å²) in [5, 5.41) is 2.40. The Kier molecular flexibility index (Phi) is 6.58. The molecule has 0 aliphatic rings. The van der Waals surface area contributed by atoms with Gasteiger partial charge >= 0.3 is 6.09 Å². The van der Waals surface area contributed by atoms with Crippen LogP contribution in [0.5, 0.6) is 0 Å². The molecule has 0 spiro atoms. The first-order valence-electron chi connectivity index (χ1n) is 6.05. The van der Waals surface area contributed by atoms with Crippen LogP contribution in [0.3, 0.4) is 0 Å². The minimum atomic E-state index is -0.787. The molecule has 1 N–H and O–H groups in total. The lowest BCUT2D eigenvalue weighted by Gasteiger charge is -2.19. The maximum atomic E-state index is 11.4. The van der Waals surface area contributed by atoms with Gasteiger partial charge in [-0.25, -0.2) is 4.79 Å². The van der Waals surface area contributed by atoms with Gasteiger partial charge < -0.3 is 10.1 Å². The summed E-state index contributed by atoms with van der Waals surface area (Å²) in [6, 6.07) is -0.787. The second kappa shape index (κ2) is 7.13. The molecule has 0 aromatic rings. The summed E-state index contributed by atoms with van der Waals surface area (Å²) >= 11 is 0. The predicted octanol–water partition coefficient (Wildman–Crippen LogP) is 2.09. The van der Waals surface area contributed by atoms with E-state index in [1.54, 1.807) is 0 Å². The van der Waals surface area contributed by atoms with Crippen LogP contribution in [-0.2, 0) is 14.3 Å². The smallest absolute Gasteiger partial charge is 0.407 e. The van der Waals surface area contributed by atoms with E-state index in [9.17, 15) is 14.4 Å².